The van der Waals surface area contributed by atoms with Crippen molar-refractivity contribution in [1.82, 2.24) is 25.2 Å². The third kappa shape index (κ3) is 5.69. The molecule has 38 heavy (non-hydrogen) atoms. The van der Waals surface area contributed by atoms with E-state index in [0.717, 1.165) is 42.9 Å². The molecule has 2 N–H and O–H groups in total. The molecule has 5 rings (SSSR count). The predicted molar refractivity (Wildman–Crippen MR) is 146 cm³/mol. The molecule has 1 aromatic heterocycles. The lowest BCUT2D eigenvalue weighted by molar-refractivity contribution is -0.144. The van der Waals surface area contributed by atoms with Gasteiger partial charge in [-0.3, -0.25) is 9.59 Å². The number of rotatable bonds is 8. The average Bonchev–Trinajstić information content (AvgIpc) is 3.23. The van der Waals surface area contributed by atoms with Crippen LogP contribution in [0.15, 0.2) is 24.4 Å². The van der Waals surface area contributed by atoms with Crippen LogP contribution < -0.4 is 10.2 Å². The lowest BCUT2D eigenvalue weighted by Gasteiger charge is -2.34. The van der Waals surface area contributed by atoms with Crippen LogP contribution in [0, 0.1) is 5.41 Å². The van der Waals surface area contributed by atoms with Crippen molar-refractivity contribution in [2.75, 3.05) is 31.1 Å². The maximum atomic E-state index is 13.9. The summed E-state index contributed by atoms with van der Waals surface area (Å²) in [5.74, 6) is -0.0471. The zero-order valence-electron chi connectivity index (χ0n) is 22.6. The summed E-state index contributed by atoms with van der Waals surface area (Å²) in [6, 6.07) is 4.58. The Morgan fingerprint density at radius 2 is 1.95 bits per heavy atom. The van der Waals surface area contributed by atoms with Gasteiger partial charge in [0, 0.05) is 55.4 Å². The van der Waals surface area contributed by atoms with E-state index in [1.54, 1.807) is 4.68 Å². The minimum atomic E-state index is -0.751. The van der Waals surface area contributed by atoms with E-state index >= 15 is 0 Å². The van der Waals surface area contributed by atoms with Crippen LogP contribution in [-0.4, -0.2) is 75.1 Å². The van der Waals surface area contributed by atoms with E-state index < -0.39 is 23.6 Å². The summed E-state index contributed by atoms with van der Waals surface area (Å²) >= 11 is 6.56. The second-order valence-electron chi connectivity index (χ2n) is 12.0. The molecule has 0 spiro atoms. The standard InChI is InChI=1S/C28H39ClN6O3/c1-28(2,3)25(35-17-22(31-32-35)18-9-10-18)27(38)34-16-19(36)15-24(34)26(37)30-12-11-20-21(29)7-6-8-23(20)33-13-4-5-14-33/h6-8,17-19,24-25,36H,4-5,9-16H2,1-3H3,(H,30,37)/t19?,24?,25-/m1/s1. The number of likely N-dealkylation sites (tertiary alicyclic amines) is 1. The molecule has 206 valence electrons. The van der Waals surface area contributed by atoms with Crippen molar-refractivity contribution in [3.8, 4) is 0 Å². The number of carbonyl (C=O) groups excluding carboxylic acids is 2. The fourth-order valence-electron chi connectivity index (χ4n) is 5.80. The van der Waals surface area contributed by atoms with Crippen LogP contribution in [0.25, 0.3) is 0 Å². The highest BCUT2D eigenvalue weighted by atomic mass is 35.5. The summed E-state index contributed by atoms with van der Waals surface area (Å²) in [5, 5.41) is 22.8. The van der Waals surface area contributed by atoms with Gasteiger partial charge < -0.3 is 20.2 Å². The topological polar surface area (TPSA) is 104 Å². The largest absolute Gasteiger partial charge is 0.391 e. The number of halogens is 1. The van der Waals surface area contributed by atoms with E-state index in [-0.39, 0.29) is 24.8 Å². The Morgan fingerprint density at radius 1 is 1.21 bits per heavy atom. The van der Waals surface area contributed by atoms with Gasteiger partial charge in [0.2, 0.25) is 11.8 Å². The number of amides is 2. The first-order valence-corrected chi connectivity index (χ1v) is 14.2. The SMILES string of the molecule is CC(C)(C)[C@@H](C(=O)N1CC(O)CC1C(=O)NCCc1c(Cl)cccc1N1CCCC1)n1cc(C2CC2)nn1. The summed E-state index contributed by atoms with van der Waals surface area (Å²) in [7, 11) is 0. The van der Waals surface area contributed by atoms with Crippen LogP contribution >= 0.6 is 11.6 Å². The molecule has 1 aliphatic carbocycles. The van der Waals surface area contributed by atoms with Crippen molar-refractivity contribution in [1.29, 1.82) is 0 Å². The fraction of sp³-hybridized carbons (Fsp3) is 0.643. The number of nitrogens with zero attached hydrogens (tertiary/aromatic N) is 5. The minimum Gasteiger partial charge on any atom is -0.391 e. The van der Waals surface area contributed by atoms with Crippen molar-refractivity contribution in [3.05, 3.63) is 40.7 Å². The molecule has 2 aromatic rings. The van der Waals surface area contributed by atoms with Crippen molar-refractivity contribution in [2.24, 2.45) is 5.41 Å². The van der Waals surface area contributed by atoms with Crippen LogP contribution in [0.5, 0.6) is 0 Å². The van der Waals surface area contributed by atoms with Gasteiger partial charge in [-0.15, -0.1) is 5.10 Å². The fourth-order valence-corrected chi connectivity index (χ4v) is 6.07. The monoisotopic (exact) mass is 542 g/mol. The molecular formula is C28H39ClN6O3. The van der Waals surface area contributed by atoms with E-state index in [1.807, 2.05) is 39.1 Å². The van der Waals surface area contributed by atoms with Crippen molar-refractivity contribution >= 4 is 29.1 Å². The average molecular weight is 543 g/mol. The van der Waals surface area contributed by atoms with Crippen molar-refractivity contribution in [3.63, 3.8) is 0 Å². The van der Waals surface area contributed by atoms with Gasteiger partial charge in [0.15, 0.2) is 0 Å². The molecule has 2 saturated heterocycles. The smallest absolute Gasteiger partial charge is 0.248 e. The number of aromatic nitrogens is 3. The number of nitrogens with one attached hydrogen (secondary N) is 1. The minimum absolute atomic E-state index is 0.122. The maximum Gasteiger partial charge on any atom is 0.248 e. The van der Waals surface area contributed by atoms with Crippen LogP contribution in [0.1, 0.15) is 76.1 Å². The number of hydrogen-bond acceptors (Lipinski definition) is 6. The third-order valence-corrected chi connectivity index (χ3v) is 8.28. The zero-order chi connectivity index (χ0) is 27.0. The van der Waals surface area contributed by atoms with Crippen LogP contribution in [0.2, 0.25) is 5.02 Å². The molecule has 2 amide bonds. The second-order valence-corrected chi connectivity index (χ2v) is 12.4. The zero-order valence-corrected chi connectivity index (χ0v) is 23.3. The normalized spacial score (nSPS) is 22.7. The number of aliphatic hydroxyl groups is 1. The molecule has 0 radical (unpaired) electrons. The molecule has 3 heterocycles. The third-order valence-electron chi connectivity index (χ3n) is 7.92. The predicted octanol–water partition coefficient (Wildman–Crippen LogP) is 3.32. The van der Waals surface area contributed by atoms with Crippen LogP contribution in [0.3, 0.4) is 0 Å². The molecule has 9 nitrogen and oxygen atoms in total. The molecule has 2 aliphatic heterocycles. The van der Waals surface area contributed by atoms with Gasteiger partial charge in [-0.1, -0.05) is 43.7 Å². The van der Waals surface area contributed by atoms with E-state index in [4.69, 9.17) is 11.6 Å². The first kappa shape index (κ1) is 26.9. The number of hydrogen-bond donors (Lipinski definition) is 2. The molecule has 2 unspecified atom stereocenters. The first-order chi connectivity index (χ1) is 18.1. The Balaban J connectivity index is 1.27. The van der Waals surface area contributed by atoms with Gasteiger partial charge in [-0.2, -0.15) is 0 Å². The molecule has 10 heteroatoms. The molecule has 1 aromatic carbocycles. The van der Waals surface area contributed by atoms with E-state index in [2.05, 4.69) is 26.6 Å². The summed E-state index contributed by atoms with van der Waals surface area (Å²) in [6.07, 6.45) is 6.46. The van der Waals surface area contributed by atoms with Crippen molar-refractivity contribution in [2.45, 2.75) is 83.4 Å². The lowest BCUT2D eigenvalue weighted by Crippen LogP contribution is -2.50. The molecule has 0 bridgehead atoms. The highest BCUT2D eigenvalue weighted by Crippen LogP contribution is 2.40. The van der Waals surface area contributed by atoms with Gasteiger partial charge in [0.25, 0.3) is 0 Å². The highest BCUT2D eigenvalue weighted by Gasteiger charge is 2.45. The Labute approximate surface area is 229 Å². The second kappa shape index (κ2) is 10.8. The highest BCUT2D eigenvalue weighted by molar-refractivity contribution is 6.31. The summed E-state index contributed by atoms with van der Waals surface area (Å²) in [4.78, 5) is 31.1. The molecule has 1 saturated carbocycles. The van der Waals surface area contributed by atoms with Crippen LogP contribution in [0.4, 0.5) is 5.69 Å². The van der Waals surface area contributed by atoms with E-state index in [0.29, 0.717) is 23.9 Å². The van der Waals surface area contributed by atoms with Crippen molar-refractivity contribution < 1.29 is 14.7 Å². The maximum absolute atomic E-state index is 13.9. The number of carbonyl (C=O) groups is 2. The molecule has 3 atom stereocenters. The lowest BCUT2D eigenvalue weighted by atomic mass is 9.85. The van der Waals surface area contributed by atoms with Gasteiger partial charge in [-0.05, 0) is 55.2 Å². The summed E-state index contributed by atoms with van der Waals surface area (Å²) in [5.41, 5.74) is 2.61. The number of β-amino-alcohol motifs (C(OH)–C–C–N with tert-alkyl or cyclic N) is 1. The van der Waals surface area contributed by atoms with Gasteiger partial charge in [-0.25, -0.2) is 4.68 Å². The quantitative estimate of drug-likeness (QED) is 0.530. The van der Waals surface area contributed by atoms with Gasteiger partial charge >= 0.3 is 0 Å². The summed E-state index contributed by atoms with van der Waals surface area (Å²) in [6.45, 7) is 8.50. The Kier molecular flexibility index (Phi) is 7.69. The molecular weight excluding hydrogens is 504 g/mol. The Morgan fingerprint density at radius 3 is 2.63 bits per heavy atom. The number of aliphatic hydroxyl groups excluding tert-OH is 1. The first-order valence-electron chi connectivity index (χ1n) is 13.8. The number of anilines is 1. The Hall–Kier alpha value is -2.65. The number of benzene rings is 1. The van der Waals surface area contributed by atoms with E-state index in [9.17, 15) is 14.7 Å². The Bertz CT molecular complexity index is 1170. The van der Waals surface area contributed by atoms with E-state index in [1.165, 1.54) is 17.7 Å². The van der Waals surface area contributed by atoms with Gasteiger partial charge in [0.05, 0.1) is 11.8 Å². The molecule has 3 fully saturated rings. The molecule has 3 aliphatic rings. The summed E-state index contributed by atoms with van der Waals surface area (Å²) < 4.78 is 1.65. The van der Waals surface area contributed by atoms with Gasteiger partial charge in [0.1, 0.15) is 12.1 Å². The van der Waals surface area contributed by atoms with Crippen LogP contribution in [-0.2, 0) is 16.0 Å².